The van der Waals surface area contributed by atoms with Gasteiger partial charge in [0.15, 0.2) is 0 Å². The maximum absolute atomic E-state index is 6.22. The first-order valence-corrected chi connectivity index (χ1v) is 5.87. The number of aryl methyl sites for hydroxylation is 3. The van der Waals surface area contributed by atoms with Gasteiger partial charge in [-0.15, -0.1) is 0 Å². The number of rotatable bonds is 3. The molecule has 0 aliphatic heterocycles. The van der Waals surface area contributed by atoms with E-state index in [9.17, 15) is 0 Å². The highest BCUT2D eigenvalue weighted by Gasteiger charge is 2.09. The Balaban J connectivity index is 2.16. The van der Waals surface area contributed by atoms with Crippen molar-refractivity contribution < 1.29 is 0 Å². The molecule has 0 saturated heterocycles. The molecule has 0 amide bonds. The fourth-order valence-electron chi connectivity index (χ4n) is 2.14. The van der Waals surface area contributed by atoms with Crippen molar-refractivity contribution in [2.75, 3.05) is 0 Å². The molecule has 0 aliphatic rings. The number of nitrogens with zero attached hydrogens (tertiary/aromatic N) is 2. The lowest BCUT2D eigenvalue weighted by molar-refractivity contribution is 0.674. The van der Waals surface area contributed by atoms with E-state index < -0.39 is 0 Å². The Hall–Kier alpha value is -1.61. The van der Waals surface area contributed by atoms with Crippen LogP contribution in [0, 0.1) is 13.8 Å². The summed E-state index contributed by atoms with van der Waals surface area (Å²) in [4.78, 5) is 0. The minimum atomic E-state index is 0.0171. The Labute approximate surface area is 102 Å². The highest BCUT2D eigenvalue weighted by atomic mass is 15.2. The largest absolute Gasteiger partial charge is 0.324 e. The Morgan fingerprint density at radius 1 is 1.24 bits per heavy atom. The van der Waals surface area contributed by atoms with E-state index in [4.69, 9.17) is 5.73 Å². The van der Waals surface area contributed by atoms with E-state index in [1.807, 2.05) is 24.0 Å². The van der Waals surface area contributed by atoms with E-state index >= 15 is 0 Å². The van der Waals surface area contributed by atoms with Crippen molar-refractivity contribution in [3.05, 3.63) is 52.8 Å². The summed E-state index contributed by atoms with van der Waals surface area (Å²) in [5.41, 5.74) is 11.0. The van der Waals surface area contributed by atoms with Crippen LogP contribution in [0.15, 0.2) is 30.5 Å². The average molecular weight is 229 g/mol. The van der Waals surface area contributed by atoms with Crippen LogP contribution in [-0.2, 0) is 13.5 Å². The highest BCUT2D eigenvalue weighted by molar-refractivity contribution is 5.31. The van der Waals surface area contributed by atoms with Crippen LogP contribution < -0.4 is 5.73 Å². The monoisotopic (exact) mass is 229 g/mol. The first-order valence-electron chi connectivity index (χ1n) is 5.87. The molecule has 0 saturated carbocycles. The average Bonchev–Trinajstić information content (AvgIpc) is 2.62. The molecule has 1 unspecified atom stereocenters. The van der Waals surface area contributed by atoms with Gasteiger partial charge in [-0.25, -0.2) is 0 Å². The predicted molar refractivity (Wildman–Crippen MR) is 69.8 cm³/mol. The topological polar surface area (TPSA) is 43.8 Å². The van der Waals surface area contributed by atoms with E-state index in [2.05, 4.69) is 37.1 Å². The van der Waals surface area contributed by atoms with Gasteiger partial charge >= 0.3 is 0 Å². The lowest BCUT2D eigenvalue weighted by Gasteiger charge is -2.12. The maximum Gasteiger partial charge on any atom is 0.0643 e. The number of hydrogen-bond donors (Lipinski definition) is 1. The second kappa shape index (κ2) is 4.72. The Morgan fingerprint density at radius 2 is 1.88 bits per heavy atom. The number of hydrogen-bond acceptors (Lipinski definition) is 2. The van der Waals surface area contributed by atoms with Crippen molar-refractivity contribution in [2.45, 2.75) is 26.3 Å². The third-order valence-corrected chi connectivity index (χ3v) is 2.87. The van der Waals surface area contributed by atoms with Crippen LogP contribution >= 0.6 is 0 Å². The van der Waals surface area contributed by atoms with Gasteiger partial charge in [0.2, 0.25) is 0 Å². The molecule has 2 rings (SSSR count). The number of nitrogens with two attached hydrogens (primary N) is 1. The molecule has 0 bridgehead atoms. The normalized spacial score (nSPS) is 12.7. The fourth-order valence-corrected chi connectivity index (χ4v) is 2.14. The molecule has 1 aromatic carbocycles. The quantitative estimate of drug-likeness (QED) is 0.877. The summed E-state index contributed by atoms with van der Waals surface area (Å²) in [6.07, 6.45) is 2.73. The summed E-state index contributed by atoms with van der Waals surface area (Å²) in [6, 6.07) is 8.50. The Morgan fingerprint density at radius 3 is 2.41 bits per heavy atom. The summed E-state index contributed by atoms with van der Waals surface area (Å²) in [5.74, 6) is 0. The van der Waals surface area contributed by atoms with Gasteiger partial charge in [-0.2, -0.15) is 5.10 Å². The standard InChI is InChI=1S/C14H19N3/c1-10-6-11(2)8-12(7-10)14(15)9-13-4-5-17(3)16-13/h4-8,14H,9,15H2,1-3H3. The fraction of sp³-hybridized carbons (Fsp3) is 0.357. The van der Waals surface area contributed by atoms with Crippen LogP contribution in [0.2, 0.25) is 0 Å². The smallest absolute Gasteiger partial charge is 0.0643 e. The first-order chi connectivity index (χ1) is 8.04. The lowest BCUT2D eigenvalue weighted by atomic mass is 9.99. The van der Waals surface area contributed by atoms with E-state index in [-0.39, 0.29) is 6.04 Å². The SMILES string of the molecule is Cc1cc(C)cc(C(N)Cc2ccn(C)n2)c1. The van der Waals surface area contributed by atoms with Crippen molar-refractivity contribution >= 4 is 0 Å². The van der Waals surface area contributed by atoms with Crippen molar-refractivity contribution in [3.63, 3.8) is 0 Å². The summed E-state index contributed by atoms with van der Waals surface area (Å²) in [6.45, 7) is 4.20. The second-order valence-corrected chi connectivity index (χ2v) is 4.71. The molecule has 0 radical (unpaired) electrons. The summed E-state index contributed by atoms with van der Waals surface area (Å²) in [7, 11) is 1.92. The van der Waals surface area contributed by atoms with Crippen molar-refractivity contribution in [1.82, 2.24) is 9.78 Å². The molecule has 90 valence electrons. The molecule has 0 aliphatic carbocycles. The second-order valence-electron chi connectivity index (χ2n) is 4.71. The zero-order valence-corrected chi connectivity index (χ0v) is 10.6. The molecule has 3 heteroatoms. The van der Waals surface area contributed by atoms with Gasteiger partial charge in [0.1, 0.15) is 0 Å². The summed E-state index contributed by atoms with van der Waals surface area (Å²) < 4.78 is 1.81. The molecule has 17 heavy (non-hydrogen) atoms. The first kappa shape index (κ1) is 11.9. The molecule has 1 heterocycles. The van der Waals surface area contributed by atoms with Gasteiger partial charge in [-0.1, -0.05) is 29.3 Å². The third-order valence-electron chi connectivity index (χ3n) is 2.87. The Bertz CT molecular complexity index is 494. The minimum Gasteiger partial charge on any atom is -0.324 e. The van der Waals surface area contributed by atoms with E-state index in [1.54, 1.807) is 0 Å². The maximum atomic E-state index is 6.22. The zero-order chi connectivity index (χ0) is 12.4. The molecule has 1 atom stereocenters. The molecule has 1 aromatic heterocycles. The number of aromatic nitrogens is 2. The molecular formula is C14H19N3. The van der Waals surface area contributed by atoms with E-state index in [0.29, 0.717) is 0 Å². The minimum absolute atomic E-state index is 0.0171. The Kier molecular flexibility index (Phi) is 3.29. The molecule has 0 fully saturated rings. The van der Waals surface area contributed by atoms with Crippen molar-refractivity contribution in [3.8, 4) is 0 Å². The molecule has 0 spiro atoms. The van der Waals surface area contributed by atoms with Crippen molar-refractivity contribution in [1.29, 1.82) is 0 Å². The molecule has 3 nitrogen and oxygen atoms in total. The van der Waals surface area contributed by atoms with Crippen LogP contribution in [0.25, 0.3) is 0 Å². The van der Waals surface area contributed by atoms with Crippen LogP contribution in [0.3, 0.4) is 0 Å². The van der Waals surface area contributed by atoms with Gasteiger partial charge < -0.3 is 5.73 Å². The van der Waals surface area contributed by atoms with Gasteiger partial charge in [0.25, 0.3) is 0 Å². The number of benzene rings is 1. The zero-order valence-electron chi connectivity index (χ0n) is 10.6. The molecule has 2 N–H and O–H groups in total. The van der Waals surface area contributed by atoms with Crippen LogP contribution in [0.5, 0.6) is 0 Å². The van der Waals surface area contributed by atoms with Crippen LogP contribution in [-0.4, -0.2) is 9.78 Å². The van der Waals surface area contributed by atoms with Gasteiger partial charge in [-0.3, -0.25) is 4.68 Å². The highest BCUT2D eigenvalue weighted by Crippen LogP contribution is 2.18. The van der Waals surface area contributed by atoms with Crippen LogP contribution in [0.1, 0.15) is 28.4 Å². The van der Waals surface area contributed by atoms with Crippen molar-refractivity contribution in [2.24, 2.45) is 12.8 Å². The van der Waals surface area contributed by atoms with E-state index in [0.717, 1.165) is 12.1 Å². The molecular weight excluding hydrogens is 210 g/mol. The summed E-state index contributed by atoms with van der Waals surface area (Å²) in [5, 5.41) is 4.36. The van der Waals surface area contributed by atoms with Gasteiger partial charge in [0.05, 0.1) is 5.69 Å². The predicted octanol–water partition coefficient (Wildman–Crippen LogP) is 2.28. The molecule has 2 aromatic rings. The van der Waals surface area contributed by atoms with Gasteiger partial charge in [0, 0.05) is 25.7 Å². The van der Waals surface area contributed by atoms with E-state index in [1.165, 1.54) is 16.7 Å². The lowest BCUT2D eigenvalue weighted by Crippen LogP contribution is -2.14. The third kappa shape index (κ3) is 2.94. The van der Waals surface area contributed by atoms with Gasteiger partial charge in [-0.05, 0) is 25.5 Å². The van der Waals surface area contributed by atoms with Crippen LogP contribution in [0.4, 0.5) is 0 Å². The summed E-state index contributed by atoms with van der Waals surface area (Å²) >= 11 is 0.